The maximum absolute atomic E-state index is 13.9. The number of hydrogen-bond donors (Lipinski definition) is 1. The lowest BCUT2D eigenvalue weighted by molar-refractivity contribution is -0.124. The predicted molar refractivity (Wildman–Crippen MR) is 139 cm³/mol. The van der Waals surface area contributed by atoms with Crippen molar-refractivity contribution in [3.05, 3.63) is 58.7 Å². The van der Waals surface area contributed by atoms with E-state index in [1.54, 1.807) is 0 Å². The van der Waals surface area contributed by atoms with E-state index in [-0.39, 0.29) is 17.9 Å². The van der Waals surface area contributed by atoms with Gasteiger partial charge in [-0.2, -0.15) is 0 Å². The number of hydrogen-bond acceptors (Lipinski definition) is 5. The first-order valence-electron chi connectivity index (χ1n) is 13.4. The van der Waals surface area contributed by atoms with Crippen LogP contribution in [0.3, 0.4) is 0 Å². The topological polar surface area (TPSA) is 71.1 Å². The molecule has 7 nitrogen and oxygen atoms in total. The Bertz CT molecular complexity index is 1130. The van der Waals surface area contributed by atoms with E-state index < -0.39 is 5.92 Å². The van der Waals surface area contributed by atoms with E-state index in [2.05, 4.69) is 17.1 Å². The van der Waals surface area contributed by atoms with E-state index in [0.717, 1.165) is 42.0 Å². The third-order valence-electron chi connectivity index (χ3n) is 7.88. The molecule has 0 bridgehead atoms. The van der Waals surface area contributed by atoms with Gasteiger partial charge in [0.1, 0.15) is 0 Å². The molecular formula is C29H37N3O4. The van der Waals surface area contributed by atoms with Crippen LogP contribution in [0.25, 0.3) is 0 Å². The van der Waals surface area contributed by atoms with Gasteiger partial charge in [0.2, 0.25) is 5.91 Å². The average Bonchev–Trinajstić information content (AvgIpc) is 3.36. The lowest BCUT2D eigenvalue weighted by Crippen LogP contribution is -2.51. The van der Waals surface area contributed by atoms with E-state index in [1.165, 1.54) is 6.42 Å². The lowest BCUT2D eigenvalue weighted by atomic mass is 9.75. The molecule has 3 aliphatic heterocycles. The fraction of sp³-hybridized carbons (Fsp3) is 0.517. The van der Waals surface area contributed by atoms with Gasteiger partial charge in [-0.3, -0.25) is 14.5 Å². The molecule has 1 N–H and O–H groups in total. The van der Waals surface area contributed by atoms with E-state index in [0.29, 0.717) is 50.1 Å². The van der Waals surface area contributed by atoms with Gasteiger partial charge in [0.05, 0.1) is 25.2 Å². The second-order valence-corrected chi connectivity index (χ2v) is 9.79. The molecule has 1 fully saturated rings. The van der Waals surface area contributed by atoms with Gasteiger partial charge in [0.15, 0.2) is 11.5 Å². The quantitative estimate of drug-likeness (QED) is 0.606. The van der Waals surface area contributed by atoms with Crippen molar-refractivity contribution < 1.29 is 19.1 Å². The summed E-state index contributed by atoms with van der Waals surface area (Å²) in [6.45, 7) is 10.4. The fourth-order valence-electron chi connectivity index (χ4n) is 6.22. The van der Waals surface area contributed by atoms with Crippen LogP contribution >= 0.6 is 0 Å². The summed E-state index contributed by atoms with van der Waals surface area (Å²) >= 11 is 0. The Hall–Kier alpha value is -3.06. The number of benzene rings is 2. The summed E-state index contributed by atoms with van der Waals surface area (Å²) < 4.78 is 11.8. The van der Waals surface area contributed by atoms with Crippen molar-refractivity contribution in [3.63, 3.8) is 0 Å². The molecule has 192 valence electrons. The van der Waals surface area contributed by atoms with Gasteiger partial charge in [-0.05, 0) is 81.1 Å². The summed E-state index contributed by atoms with van der Waals surface area (Å²) in [7, 11) is 0. The first-order chi connectivity index (χ1) is 17.6. The van der Waals surface area contributed by atoms with Crippen LogP contribution in [0.4, 0.5) is 0 Å². The number of nitrogens with zero attached hydrogens (tertiary/aromatic N) is 2. The molecule has 2 aromatic carbocycles. The van der Waals surface area contributed by atoms with Crippen LogP contribution in [0.5, 0.6) is 11.5 Å². The van der Waals surface area contributed by atoms with E-state index in [4.69, 9.17) is 9.47 Å². The molecule has 5 rings (SSSR count). The van der Waals surface area contributed by atoms with Crippen LogP contribution in [0.2, 0.25) is 0 Å². The Morgan fingerprint density at radius 1 is 1.03 bits per heavy atom. The highest BCUT2D eigenvalue weighted by atomic mass is 16.5. The molecule has 2 aromatic rings. The number of rotatable bonds is 8. The minimum absolute atomic E-state index is 0.00917. The number of ether oxygens (including phenoxy) is 2. The summed E-state index contributed by atoms with van der Waals surface area (Å²) in [6.07, 6.45) is 2.99. The smallest absolute Gasteiger partial charge is 0.254 e. The molecule has 0 aliphatic carbocycles. The van der Waals surface area contributed by atoms with Crippen LogP contribution in [-0.4, -0.2) is 67.0 Å². The van der Waals surface area contributed by atoms with Crippen LogP contribution < -0.4 is 14.8 Å². The Morgan fingerprint density at radius 2 is 1.78 bits per heavy atom. The minimum Gasteiger partial charge on any atom is -0.490 e. The van der Waals surface area contributed by atoms with Crippen molar-refractivity contribution in [2.45, 2.75) is 58.0 Å². The van der Waals surface area contributed by atoms with E-state index >= 15 is 0 Å². The van der Waals surface area contributed by atoms with Crippen molar-refractivity contribution in [1.29, 1.82) is 0 Å². The zero-order chi connectivity index (χ0) is 25.2. The van der Waals surface area contributed by atoms with E-state index in [9.17, 15) is 9.59 Å². The summed E-state index contributed by atoms with van der Waals surface area (Å²) in [4.78, 5) is 31.9. The summed E-state index contributed by atoms with van der Waals surface area (Å²) in [5, 5.41) is 3.28. The lowest BCUT2D eigenvalue weighted by Gasteiger charge is -2.45. The molecule has 3 atom stereocenters. The third-order valence-corrected chi connectivity index (χ3v) is 7.88. The molecule has 0 aromatic heterocycles. The maximum Gasteiger partial charge on any atom is 0.254 e. The van der Waals surface area contributed by atoms with Crippen LogP contribution in [-0.2, 0) is 11.2 Å². The monoisotopic (exact) mass is 491 g/mol. The molecule has 0 saturated carbocycles. The average molecular weight is 492 g/mol. The molecule has 0 spiro atoms. The number of carbonyl (C=O) groups is 2. The molecule has 0 radical (unpaired) electrons. The molecular weight excluding hydrogens is 454 g/mol. The van der Waals surface area contributed by atoms with E-state index in [1.807, 2.05) is 55.1 Å². The largest absolute Gasteiger partial charge is 0.490 e. The summed E-state index contributed by atoms with van der Waals surface area (Å²) in [5.74, 6) is 0.866. The second-order valence-electron chi connectivity index (χ2n) is 9.79. The van der Waals surface area contributed by atoms with Crippen LogP contribution in [0.1, 0.15) is 72.6 Å². The van der Waals surface area contributed by atoms with Gasteiger partial charge in [-0.15, -0.1) is 0 Å². The van der Waals surface area contributed by atoms with Gasteiger partial charge < -0.3 is 19.7 Å². The zero-order valence-corrected chi connectivity index (χ0v) is 21.6. The van der Waals surface area contributed by atoms with Crippen molar-refractivity contribution in [2.24, 2.45) is 0 Å². The Morgan fingerprint density at radius 3 is 2.53 bits per heavy atom. The normalized spacial score (nSPS) is 23.0. The first kappa shape index (κ1) is 24.6. The number of amides is 2. The number of fused-ring (bicyclic) bond motifs is 4. The SMILES string of the molecule is CCOc1cc2c(cc1OCC)C1C(C(=O)NCC3CCCN3CC)c3ccccc3C(=O)N1CC2. The number of nitrogens with one attached hydrogen (secondary N) is 1. The highest BCUT2D eigenvalue weighted by Gasteiger charge is 2.46. The first-order valence-corrected chi connectivity index (χ1v) is 13.4. The Balaban J connectivity index is 1.54. The van der Waals surface area contributed by atoms with Gasteiger partial charge in [-0.25, -0.2) is 0 Å². The number of likely N-dealkylation sites (tertiary alicyclic amines) is 1. The van der Waals surface area contributed by atoms with Gasteiger partial charge >= 0.3 is 0 Å². The van der Waals surface area contributed by atoms with Crippen molar-refractivity contribution in [1.82, 2.24) is 15.1 Å². The van der Waals surface area contributed by atoms with Gasteiger partial charge in [0, 0.05) is 24.7 Å². The van der Waals surface area contributed by atoms with Crippen molar-refractivity contribution >= 4 is 11.8 Å². The standard InChI is InChI=1S/C29H37N3O4/c1-4-31-14-9-10-20(31)18-30-28(33)26-21-11-7-8-12-22(21)29(34)32-15-13-19-16-24(35-5-2)25(36-6-3)17-23(19)27(26)32/h7-8,11-12,16-17,20,26-27H,4-6,9-10,13-15,18H2,1-3H3,(H,30,33). The minimum atomic E-state index is -0.484. The number of carbonyl (C=O) groups excluding carboxylic acids is 2. The number of likely N-dealkylation sites (N-methyl/N-ethyl adjacent to an activating group) is 1. The summed E-state index contributed by atoms with van der Waals surface area (Å²) in [6, 6.07) is 11.6. The zero-order valence-electron chi connectivity index (χ0n) is 21.6. The van der Waals surface area contributed by atoms with Gasteiger partial charge in [-0.1, -0.05) is 25.1 Å². The van der Waals surface area contributed by atoms with Gasteiger partial charge in [0.25, 0.3) is 5.91 Å². The molecule has 2 amide bonds. The second kappa shape index (κ2) is 10.5. The van der Waals surface area contributed by atoms with Crippen molar-refractivity contribution in [2.75, 3.05) is 39.4 Å². The fourth-order valence-corrected chi connectivity index (χ4v) is 6.22. The third kappa shape index (κ3) is 4.34. The highest BCUT2D eigenvalue weighted by molar-refractivity contribution is 6.01. The molecule has 3 aliphatic rings. The molecule has 1 saturated heterocycles. The molecule has 36 heavy (non-hydrogen) atoms. The maximum atomic E-state index is 13.9. The van der Waals surface area contributed by atoms with Crippen LogP contribution in [0, 0.1) is 0 Å². The molecule has 3 heterocycles. The molecule has 3 unspecified atom stereocenters. The van der Waals surface area contributed by atoms with Crippen LogP contribution in [0.15, 0.2) is 36.4 Å². The Kier molecular flexibility index (Phi) is 7.19. The summed E-state index contributed by atoms with van der Waals surface area (Å²) in [5.41, 5.74) is 3.53. The highest BCUT2D eigenvalue weighted by Crippen LogP contribution is 2.48. The Labute approximate surface area is 213 Å². The predicted octanol–water partition coefficient (Wildman–Crippen LogP) is 3.92. The van der Waals surface area contributed by atoms with Crippen molar-refractivity contribution in [3.8, 4) is 11.5 Å². The molecule has 7 heteroatoms.